The lowest BCUT2D eigenvalue weighted by Crippen LogP contribution is -2.01. The average molecular weight is 362 g/mol. The Morgan fingerprint density at radius 2 is 2.00 bits per heavy atom. The fourth-order valence-corrected chi connectivity index (χ4v) is 3.04. The van der Waals surface area contributed by atoms with E-state index in [1.807, 2.05) is 31.3 Å². The summed E-state index contributed by atoms with van der Waals surface area (Å²) in [5.74, 6) is 0. The second-order valence-electron chi connectivity index (χ2n) is 4.93. The van der Waals surface area contributed by atoms with Crippen molar-refractivity contribution in [2.45, 2.75) is 13.5 Å². The maximum atomic E-state index is 6.19. The number of nitrogens with one attached hydrogen (secondary N) is 1. The van der Waals surface area contributed by atoms with Gasteiger partial charge < -0.3 is 5.32 Å². The van der Waals surface area contributed by atoms with Crippen LogP contribution in [0.1, 0.15) is 11.1 Å². The van der Waals surface area contributed by atoms with Crippen LogP contribution in [0.3, 0.4) is 0 Å². The molecule has 0 aliphatic rings. The molecule has 0 bridgehead atoms. The molecule has 2 aromatic carbocycles. The van der Waals surface area contributed by atoms with Crippen molar-refractivity contribution >= 4 is 44.1 Å². The number of aryl methyl sites for hydroxylation is 1. The van der Waals surface area contributed by atoms with Crippen molar-refractivity contribution in [3.63, 3.8) is 0 Å². The quantitative estimate of drug-likeness (QED) is 0.659. The van der Waals surface area contributed by atoms with Gasteiger partial charge >= 0.3 is 0 Å². The molecule has 0 amide bonds. The monoisotopic (exact) mass is 360 g/mol. The molecule has 0 saturated carbocycles. The highest BCUT2D eigenvalue weighted by Crippen LogP contribution is 2.29. The number of hydrogen-bond acceptors (Lipinski definition) is 2. The van der Waals surface area contributed by atoms with Gasteiger partial charge in [-0.05, 0) is 52.2 Å². The number of fused-ring (bicyclic) bond motifs is 1. The minimum atomic E-state index is 0.701. The molecule has 106 valence electrons. The van der Waals surface area contributed by atoms with E-state index >= 15 is 0 Å². The molecular weight excluding hydrogens is 348 g/mol. The van der Waals surface area contributed by atoms with Crippen molar-refractivity contribution in [2.24, 2.45) is 0 Å². The molecular formula is C17H14BrClN2. The summed E-state index contributed by atoms with van der Waals surface area (Å²) in [6, 6.07) is 14.2. The van der Waals surface area contributed by atoms with Gasteiger partial charge in [-0.15, -0.1) is 0 Å². The molecule has 0 fully saturated rings. The molecule has 1 heterocycles. The second-order valence-corrected chi connectivity index (χ2v) is 6.19. The van der Waals surface area contributed by atoms with Gasteiger partial charge in [0.2, 0.25) is 0 Å². The summed E-state index contributed by atoms with van der Waals surface area (Å²) in [5.41, 5.74) is 4.23. The molecule has 0 aliphatic heterocycles. The van der Waals surface area contributed by atoms with E-state index in [4.69, 9.17) is 11.6 Å². The Morgan fingerprint density at radius 3 is 2.86 bits per heavy atom. The Bertz CT molecular complexity index is 797. The number of hydrogen-bond donors (Lipinski definition) is 1. The molecule has 2 nitrogen and oxygen atoms in total. The first-order valence-electron chi connectivity index (χ1n) is 6.67. The van der Waals surface area contributed by atoms with Gasteiger partial charge in [-0.25, -0.2) is 0 Å². The number of pyridine rings is 1. The maximum absolute atomic E-state index is 6.19. The molecule has 4 heteroatoms. The third-order valence-electron chi connectivity index (χ3n) is 3.43. The van der Waals surface area contributed by atoms with E-state index in [1.54, 1.807) is 0 Å². The summed E-state index contributed by atoms with van der Waals surface area (Å²) >= 11 is 9.76. The molecule has 3 aromatic rings. The summed E-state index contributed by atoms with van der Waals surface area (Å²) in [6.07, 6.45) is 1.82. The van der Waals surface area contributed by atoms with E-state index in [9.17, 15) is 0 Å². The molecule has 3 rings (SSSR count). The van der Waals surface area contributed by atoms with Gasteiger partial charge in [-0.3, -0.25) is 4.98 Å². The average Bonchev–Trinajstić information content (AvgIpc) is 2.49. The maximum Gasteiger partial charge on any atom is 0.0751 e. The molecule has 0 spiro atoms. The van der Waals surface area contributed by atoms with Crippen LogP contribution < -0.4 is 5.32 Å². The normalized spacial score (nSPS) is 10.8. The lowest BCUT2D eigenvalue weighted by atomic mass is 10.1. The number of nitrogens with zero attached hydrogens (tertiary/aromatic N) is 1. The van der Waals surface area contributed by atoms with Crippen LogP contribution in [-0.4, -0.2) is 4.98 Å². The Balaban J connectivity index is 1.89. The van der Waals surface area contributed by atoms with E-state index in [-0.39, 0.29) is 0 Å². The summed E-state index contributed by atoms with van der Waals surface area (Å²) in [7, 11) is 0. The van der Waals surface area contributed by atoms with Crippen molar-refractivity contribution in [2.75, 3.05) is 5.32 Å². The molecule has 1 aromatic heterocycles. The minimum Gasteiger partial charge on any atom is -0.380 e. The van der Waals surface area contributed by atoms with Crippen LogP contribution in [0, 0.1) is 6.92 Å². The first-order chi connectivity index (χ1) is 10.1. The van der Waals surface area contributed by atoms with Gasteiger partial charge in [-0.1, -0.05) is 35.9 Å². The lowest BCUT2D eigenvalue weighted by molar-refractivity contribution is 1.15. The number of anilines is 1. The number of rotatable bonds is 3. The first-order valence-corrected chi connectivity index (χ1v) is 7.84. The van der Waals surface area contributed by atoms with Crippen molar-refractivity contribution < 1.29 is 0 Å². The van der Waals surface area contributed by atoms with Crippen molar-refractivity contribution in [1.82, 2.24) is 4.98 Å². The van der Waals surface area contributed by atoms with E-state index < -0.39 is 0 Å². The Hall–Kier alpha value is -1.58. The Kier molecular flexibility index (Phi) is 4.13. The van der Waals surface area contributed by atoms with Crippen LogP contribution in [0.5, 0.6) is 0 Å². The van der Waals surface area contributed by atoms with Crippen molar-refractivity contribution in [3.8, 4) is 0 Å². The van der Waals surface area contributed by atoms with E-state index in [2.05, 4.69) is 50.5 Å². The molecule has 0 unspecified atom stereocenters. The van der Waals surface area contributed by atoms with Gasteiger partial charge in [0.15, 0.2) is 0 Å². The van der Waals surface area contributed by atoms with Gasteiger partial charge in [-0.2, -0.15) is 0 Å². The molecule has 0 atom stereocenters. The lowest BCUT2D eigenvalue weighted by Gasteiger charge is -2.12. The van der Waals surface area contributed by atoms with Gasteiger partial charge in [0, 0.05) is 27.6 Å². The summed E-state index contributed by atoms with van der Waals surface area (Å²) in [6.45, 7) is 2.69. The van der Waals surface area contributed by atoms with Crippen molar-refractivity contribution in [1.29, 1.82) is 0 Å². The van der Waals surface area contributed by atoms with Crippen LogP contribution in [0.25, 0.3) is 10.9 Å². The standard InChI is InChI=1S/C17H14BrClN2/c1-11-8-14(18)16(9-15(11)19)21-10-13-5-2-4-12-6-3-7-20-17(12)13/h2-9,21H,10H2,1H3. The number of para-hydroxylation sites is 1. The fraction of sp³-hybridized carbons (Fsp3) is 0.118. The van der Waals surface area contributed by atoms with Crippen LogP contribution >= 0.6 is 27.5 Å². The molecule has 21 heavy (non-hydrogen) atoms. The van der Waals surface area contributed by atoms with Crippen LogP contribution in [-0.2, 0) is 6.54 Å². The number of aromatic nitrogens is 1. The first kappa shape index (κ1) is 14.4. The smallest absolute Gasteiger partial charge is 0.0751 e. The Labute approximate surface area is 137 Å². The third kappa shape index (κ3) is 3.04. The van der Waals surface area contributed by atoms with Gasteiger partial charge in [0.05, 0.1) is 11.2 Å². The summed E-state index contributed by atoms with van der Waals surface area (Å²) in [4.78, 5) is 4.47. The Morgan fingerprint density at radius 1 is 1.19 bits per heavy atom. The highest BCUT2D eigenvalue weighted by atomic mass is 79.9. The molecule has 1 N–H and O–H groups in total. The highest BCUT2D eigenvalue weighted by Gasteiger charge is 2.06. The summed E-state index contributed by atoms with van der Waals surface area (Å²) in [5, 5.41) is 5.33. The van der Waals surface area contributed by atoms with Crippen LogP contribution in [0.4, 0.5) is 5.69 Å². The van der Waals surface area contributed by atoms with Crippen LogP contribution in [0.15, 0.2) is 53.1 Å². The summed E-state index contributed by atoms with van der Waals surface area (Å²) < 4.78 is 1.01. The largest absolute Gasteiger partial charge is 0.380 e. The molecule has 0 radical (unpaired) electrons. The van der Waals surface area contributed by atoms with Crippen LogP contribution in [0.2, 0.25) is 5.02 Å². The SMILES string of the molecule is Cc1cc(Br)c(NCc2cccc3cccnc23)cc1Cl. The van der Waals surface area contributed by atoms with E-state index in [0.717, 1.165) is 37.2 Å². The molecule has 0 saturated heterocycles. The van der Waals surface area contributed by atoms with Gasteiger partial charge in [0.25, 0.3) is 0 Å². The molecule has 0 aliphatic carbocycles. The zero-order chi connectivity index (χ0) is 14.8. The fourth-order valence-electron chi connectivity index (χ4n) is 2.28. The van der Waals surface area contributed by atoms with Crippen molar-refractivity contribution in [3.05, 3.63) is 69.3 Å². The topological polar surface area (TPSA) is 24.9 Å². The second kappa shape index (κ2) is 6.04. The van der Waals surface area contributed by atoms with E-state index in [1.165, 1.54) is 0 Å². The third-order valence-corrected chi connectivity index (χ3v) is 4.50. The van der Waals surface area contributed by atoms with E-state index in [0.29, 0.717) is 6.54 Å². The number of halogens is 2. The minimum absolute atomic E-state index is 0.701. The predicted molar refractivity (Wildman–Crippen MR) is 93.0 cm³/mol. The number of benzene rings is 2. The zero-order valence-corrected chi connectivity index (χ0v) is 13.9. The van der Waals surface area contributed by atoms with Gasteiger partial charge in [0.1, 0.15) is 0 Å². The zero-order valence-electron chi connectivity index (χ0n) is 11.5. The highest BCUT2D eigenvalue weighted by molar-refractivity contribution is 9.10. The predicted octanol–water partition coefficient (Wildman–Crippen LogP) is 5.57.